The molecule has 0 fully saturated rings. The number of rotatable bonds is 27. The number of unbranched alkanes of at least 4 members (excludes halogenated alkanes) is 1. The van der Waals surface area contributed by atoms with Gasteiger partial charge in [0.2, 0.25) is 29.5 Å². The molecule has 0 radical (unpaired) electrons. The van der Waals surface area contributed by atoms with Gasteiger partial charge in [0, 0.05) is 31.3 Å². The molecule has 2 rings (SSSR count). The number of aromatic amines is 1. The number of carboxylic acid groups (broad SMARTS) is 1. The van der Waals surface area contributed by atoms with E-state index in [9.17, 15) is 48.2 Å². The Morgan fingerprint density at radius 3 is 1.90 bits per heavy atom. The number of guanidine groups is 1. The molecule has 0 unspecified atom stereocenters. The van der Waals surface area contributed by atoms with Crippen molar-refractivity contribution >= 4 is 49.3 Å². The van der Waals surface area contributed by atoms with Crippen molar-refractivity contribution in [2.24, 2.45) is 33.8 Å². The van der Waals surface area contributed by atoms with E-state index in [1.165, 1.54) is 36.8 Å². The number of nitrogens with zero attached hydrogens (tertiary/aromatic N) is 2. The Hall–Kier alpha value is -5.61. The smallest absolute Gasteiger partial charge is 0.480 e. The molecule has 23 nitrogen and oxygen atoms in total. The average Bonchev–Trinajstić information content (AvgIpc) is 3.68. The Bertz CT molecular complexity index is 1790. The van der Waals surface area contributed by atoms with Gasteiger partial charge in [-0.2, -0.15) is 0 Å². The van der Waals surface area contributed by atoms with Gasteiger partial charge in [-0.25, -0.2) is 14.3 Å². The van der Waals surface area contributed by atoms with Crippen molar-refractivity contribution < 1.29 is 52.7 Å². The number of aliphatic carboxylic acids is 1. The number of amides is 5. The van der Waals surface area contributed by atoms with Gasteiger partial charge in [0.1, 0.15) is 36.0 Å². The minimum absolute atomic E-state index is 0.00469. The molecule has 5 amide bonds. The zero-order valence-corrected chi connectivity index (χ0v) is 34.7. The summed E-state index contributed by atoms with van der Waals surface area (Å²) < 4.78 is 15.9. The van der Waals surface area contributed by atoms with Crippen LogP contribution in [0.15, 0.2) is 41.8 Å². The van der Waals surface area contributed by atoms with Crippen LogP contribution < -0.4 is 54.0 Å². The largest absolute Gasteiger partial charge is 0.524 e. The van der Waals surface area contributed by atoms with Crippen molar-refractivity contribution in [3.05, 3.63) is 48.0 Å². The lowest BCUT2D eigenvalue weighted by Crippen LogP contribution is -2.59. The maximum Gasteiger partial charge on any atom is 0.524 e. The van der Waals surface area contributed by atoms with Crippen LogP contribution in [0.4, 0.5) is 0 Å². The number of phosphoric ester groups is 1. The number of phosphoric acid groups is 1. The molecule has 0 aliphatic heterocycles. The molecule has 1 heterocycles. The summed E-state index contributed by atoms with van der Waals surface area (Å²) in [6, 6.07) is -2.14. The first kappa shape index (κ1) is 50.5. The van der Waals surface area contributed by atoms with Crippen LogP contribution in [0, 0.1) is 5.92 Å². The van der Waals surface area contributed by atoms with Crippen molar-refractivity contribution in [3.63, 3.8) is 0 Å². The number of H-pyrrole nitrogens is 1. The van der Waals surface area contributed by atoms with E-state index in [0.29, 0.717) is 30.6 Å². The molecular formula is C36H59N12O11P. The SMILES string of the molecule is CC[C@H](NC(=O)[C@H](Cc1ccc(OP(=O)(O)O)cc1)NC(=O)[C@H](CCCCN)NC(=O)[C@@H](N)Cc1cnc[nH]1)C(=O)N[C@@H](CCCN=C(N)N)C(=O)N[C@H](C(=O)O)C(C)C. The number of carbonyl (C=O) groups is 6. The van der Waals surface area contributed by atoms with Gasteiger partial charge in [-0.15, -0.1) is 0 Å². The van der Waals surface area contributed by atoms with Crippen LogP contribution in [0.1, 0.15) is 70.6 Å². The lowest BCUT2D eigenvalue weighted by molar-refractivity contribution is -0.143. The molecule has 0 aliphatic rings. The van der Waals surface area contributed by atoms with Crippen LogP contribution in [0.3, 0.4) is 0 Å². The van der Waals surface area contributed by atoms with Gasteiger partial charge in [0.05, 0.1) is 12.4 Å². The monoisotopic (exact) mass is 866 g/mol. The minimum atomic E-state index is -4.88. The molecule has 0 saturated carbocycles. The van der Waals surface area contributed by atoms with E-state index >= 15 is 0 Å². The van der Waals surface area contributed by atoms with Gasteiger partial charge in [0.25, 0.3) is 0 Å². The van der Waals surface area contributed by atoms with Gasteiger partial charge in [-0.1, -0.05) is 32.9 Å². The summed E-state index contributed by atoms with van der Waals surface area (Å²) in [6.07, 6.45) is 4.08. The third kappa shape index (κ3) is 18.5. The second-order valence-electron chi connectivity index (χ2n) is 14.3. The van der Waals surface area contributed by atoms with E-state index in [0.717, 1.165) is 0 Å². The summed E-state index contributed by atoms with van der Waals surface area (Å²) in [5.41, 5.74) is 23.6. The van der Waals surface area contributed by atoms with E-state index < -0.39 is 85.5 Å². The quantitative estimate of drug-likeness (QED) is 0.0195. The number of aliphatic imine (C=N–C) groups is 1. The number of nitrogens with one attached hydrogen (secondary N) is 6. The van der Waals surface area contributed by atoms with Crippen molar-refractivity contribution in [3.8, 4) is 5.75 Å². The molecule has 17 N–H and O–H groups in total. The summed E-state index contributed by atoms with van der Waals surface area (Å²) in [5.74, 6) is -5.99. The first-order chi connectivity index (χ1) is 28.2. The third-order valence-corrected chi connectivity index (χ3v) is 9.43. The number of hydrogen-bond acceptors (Lipinski definition) is 12. The Labute approximate surface area is 347 Å². The van der Waals surface area contributed by atoms with E-state index in [1.807, 2.05) is 0 Å². The van der Waals surface area contributed by atoms with Crippen molar-refractivity contribution in [1.82, 2.24) is 36.6 Å². The topological polar surface area (TPSA) is 395 Å². The highest BCUT2D eigenvalue weighted by Crippen LogP contribution is 2.37. The normalized spacial score (nSPS) is 14.3. The molecule has 1 aromatic carbocycles. The van der Waals surface area contributed by atoms with Crippen molar-refractivity contribution in [1.29, 1.82) is 0 Å². The molecule has 1 aromatic heterocycles. The van der Waals surface area contributed by atoms with E-state index in [-0.39, 0.29) is 56.8 Å². The van der Waals surface area contributed by atoms with Gasteiger partial charge >= 0.3 is 13.8 Å². The van der Waals surface area contributed by atoms with Crippen LogP contribution in [0.25, 0.3) is 0 Å². The van der Waals surface area contributed by atoms with Gasteiger partial charge < -0.3 is 64.1 Å². The molecule has 334 valence electrons. The second-order valence-corrected chi connectivity index (χ2v) is 15.4. The standard InChI is InChI=1S/C36H59N12O11P/c1-4-25(31(50)46-27(9-7-15-42-36(39)40)33(52)48-29(20(2)3)35(54)55)44-34(53)28(16-21-10-12-23(13-11-21)59-60(56,57)58)47-32(51)26(8-5-6-14-37)45-30(49)24(38)17-22-18-41-19-43-22/h10-13,18-20,24-29H,4-9,14-17,37-38H2,1-3H3,(H,41,43)(H,44,53)(H,45,49)(H,46,50)(H,47,51)(H,48,52)(H,54,55)(H4,39,40,42)(H2,56,57,58)/t24-,25-,26-,27-,28-,29-/m0/s1. The molecule has 0 saturated heterocycles. The predicted octanol–water partition coefficient (Wildman–Crippen LogP) is -2.25. The lowest BCUT2D eigenvalue weighted by atomic mass is 10.0. The number of hydrogen-bond donors (Lipinski definition) is 13. The molecular weight excluding hydrogens is 807 g/mol. The number of imidazole rings is 1. The number of carbonyl (C=O) groups excluding carboxylic acids is 5. The molecule has 6 atom stereocenters. The highest BCUT2D eigenvalue weighted by Gasteiger charge is 2.33. The molecule has 0 aliphatic carbocycles. The third-order valence-electron chi connectivity index (χ3n) is 8.98. The van der Waals surface area contributed by atoms with Gasteiger partial charge in [-0.3, -0.25) is 38.8 Å². The summed E-state index contributed by atoms with van der Waals surface area (Å²) in [6.45, 7) is 5.19. The molecule has 0 bridgehead atoms. The lowest BCUT2D eigenvalue weighted by Gasteiger charge is -2.27. The summed E-state index contributed by atoms with van der Waals surface area (Å²) in [4.78, 5) is 109. The fourth-order valence-electron chi connectivity index (χ4n) is 5.74. The molecule has 2 aromatic rings. The number of benzene rings is 1. The Morgan fingerprint density at radius 1 is 0.817 bits per heavy atom. The van der Waals surface area contributed by atoms with E-state index in [2.05, 4.69) is 46.1 Å². The van der Waals surface area contributed by atoms with Crippen LogP contribution >= 0.6 is 7.82 Å². The number of nitrogens with two attached hydrogens (primary N) is 4. The van der Waals surface area contributed by atoms with E-state index in [4.69, 9.17) is 22.9 Å². The fraction of sp³-hybridized carbons (Fsp3) is 0.556. The fourth-order valence-corrected chi connectivity index (χ4v) is 6.14. The maximum absolute atomic E-state index is 14.0. The van der Waals surface area contributed by atoms with Gasteiger partial charge in [-0.05, 0) is 68.7 Å². The summed E-state index contributed by atoms with van der Waals surface area (Å²) in [7, 11) is -4.88. The highest BCUT2D eigenvalue weighted by molar-refractivity contribution is 7.46. The van der Waals surface area contributed by atoms with Crippen LogP contribution in [0.2, 0.25) is 0 Å². The Balaban J connectivity index is 2.39. The summed E-state index contributed by atoms with van der Waals surface area (Å²) >= 11 is 0. The number of aromatic nitrogens is 2. The van der Waals surface area contributed by atoms with Crippen molar-refractivity contribution in [2.75, 3.05) is 13.1 Å². The average molecular weight is 867 g/mol. The molecule has 24 heteroatoms. The van der Waals surface area contributed by atoms with Gasteiger partial charge in [0.15, 0.2) is 5.96 Å². The van der Waals surface area contributed by atoms with Crippen LogP contribution in [0.5, 0.6) is 5.75 Å². The number of carboxylic acids is 1. The summed E-state index contributed by atoms with van der Waals surface area (Å²) in [5, 5.41) is 22.6. The van der Waals surface area contributed by atoms with Crippen LogP contribution in [-0.4, -0.2) is 116 Å². The molecule has 60 heavy (non-hydrogen) atoms. The highest BCUT2D eigenvalue weighted by atomic mass is 31.2. The van der Waals surface area contributed by atoms with Crippen LogP contribution in [-0.2, 0) is 46.2 Å². The van der Waals surface area contributed by atoms with E-state index in [1.54, 1.807) is 20.8 Å². The maximum atomic E-state index is 14.0. The zero-order chi connectivity index (χ0) is 45.0. The Morgan fingerprint density at radius 2 is 1.37 bits per heavy atom. The first-order valence-corrected chi connectivity index (χ1v) is 20.8. The Kier molecular flexibility index (Phi) is 21.1. The minimum Gasteiger partial charge on any atom is -0.480 e. The second kappa shape index (κ2) is 25.1. The first-order valence-electron chi connectivity index (χ1n) is 19.3. The molecule has 0 spiro atoms. The predicted molar refractivity (Wildman–Crippen MR) is 218 cm³/mol. The van der Waals surface area contributed by atoms with Crippen molar-refractivity contribution in [2.45, 2.75) is 108 Å². The zero-order valence-electron chi connectivity index (χ0n) is 33.8.